The summed E-state index contributed by atoms with van der Waals surface area (Å²) in [7, 11) is 4.56. The molecule has 8 nitrogen and oxygen atoms in total. The zero-order valence-corrected chi connectivity index (χ0v) is 20.8. The molecule has 11 heteroatoms. The number of fused-ring (bicyclic) bond motifs is 3. The molecule has 0 unspecified atom stereocenters. The second-order valence-electron chi connectivity index (χ2n) is 8.84. The second kappa shape index (κ2) is 9.49. The Hall–Kier alpha value is -4.38. The molecule has 0 spiro atoms. The fraction of sp³-hybridized carbons (Fsp3) is 0.222. The molecule has 3 heterocycles. The predicted octanol–water partition coefficient (Wildman–Crippen LogP) is 4.88. The summed E-state index contributed by atoms with van der Waals surface area (Å²) >= 11 is 0. The smallest absolute Gasteiger partial charge is 0.371 e. The Balaban J connectivity index is 1.45. The lowest BCUT2D eigenvalue weighted by Gasteiger charge is -2.33. The van der Waals surface area contributed by atoms with Gasteiger partial charge < -0.3 is 24.9 Å². The van der Waals surface area contributed by atoms with Gasteiger partial charge in [-0.3, -0.25) is 4.79 Å². The average molecular weight is 523 g/mol. The second-order valence-corrected chi connectivity index (χ2v) is 8.84. The first-order valence-corrected chi connectivity index (χ1v) is 11.8. The van der Waals surface area contributed by atoms with Crippen LogP contribution in [0.15, 0.2) is 67.0 Å². The molecule has 3 N–H and O–H groups in total. The van der Waals surface area contributed by atoms with Gasteiger partial charge in [-0.25, -0.2) is 9.97 Å². The molecule has 0 saturated heterocycles. The number of pyridine rings is 1. The maximum Gasteiger partial charge on any atom is 0.430 e. The van der Waals surface area contributed by atoms with Gasteiger partial charge in [0.15, 0.2) is 5.82 Å². The van der Waals surface area contributed by atoms with Gasteiger partial charge in [0.05, 0.1) is 11.8 Å². The number of alkyl halides is 3. The van der Waals surface area contributed by atoms with Crippen molar-refractivity contribution in [1.29, 1.82) is 0 Å². The number of amides is 1. The number of hydrogen-bond donors (Lipinski definition) is 3. The lowest BCUT2D eigenvalue weighted by molar-refractivity contribution is -0.265. The Bertz CT molecular complexity index is 1630. The fourth-order valence-electron chi connectivity index (χ4n) is 4.71. The summed E-state index contributed by atoms with van der Waals surface area (Å²) in [6, 6.07) is 16.0. The van der Waals surface area contributed by atoms with Crippen LogP contribution in [0.4, 0.5) is 19.0 Å². The maximum absolute atomic E-state index is 14.2. The van der Waals surface area contributed by atoms with Gasteiger partial charge in [0, 0.05) is 44.4 Å². The Morgan fingerprint density at radius 1 is 1.11 bits per heavy atom. The maximum atomic E-state index is 14.2. The summed E-state index contributed by atoms with van der Waals surface area (Å²) in [5, 5.41) is 6.36. The number of aryl methyl sites for hydroxylation is 1. The monoisotopic (exact) mass is 522 g/mol. The van der Waals surface area contributed by atoms with Crippen LogP contribution in [0.25, 0.3) is 33.3 Å². The summed E-state index contributed by atoms with van der Waals surface area (Å²) in [6.45, 7) is -0.130. The molecule has 196 valence electrons. The highest BCUT2D eigenvalue weighted by molar-refractivity contribution is 6.07. The van der Waals surface area contributed by atoms with E-state index in [1.807, 2.05) is 23.7 Å². The molecule has 0 aliphatic rings. The van der Waals surface area contributed by atoms with Crippen molar-refractivity contribution >= 4 is 33.8 Å². The number of anilines is 1. The first-order chi connectivity index (χ1) is 18.2. The molecule has 0 aliphatic heterocycles. The van der Waals surface area contributed by atoms with E-state index in [9.17, 15) is 18.0 Å². The lowest BCUT2D eigenvalue weighted by atomic mass is 9.91. The molecule has 1 amide bonds. The molecular weight excluding hydrogens is 497 g/mol. The number of H-pyrrole nitrogens is 1. The van der Waals surface area contributed by atoms with Crippen LogP contribution in [0.1, 0.15) is 11.1 Å². The third-order valence-corrected chi connectivity index (χ3v) is 6.57. The van der Waals surface area contributed by atoms with Crippen molar-refractivity contribution in [2.24, 2.45) is 7.05 Å². The van der Waals surface area contributed by atoms with E-state index >= 15 is 0 Å². The highest BCUT2D eigenvalue weighted by atomic mass is 19.4. The molecule has 0 fully saturated rings. The van der Waals surface area contributed by atoms with Crippen molar-refractivity contribution in [1.82, 2.24) is 24.8 Å². The third-order valence-electron chi connectivity index (χ3n) is 6.57. The van der Waals surface area contributed by atoms with Crippen LogP contribution in [-0.4, -0.2) is 45.8 Å². The van der Waals surface area contributed by atoms with E-state index in [2.05, 4.69) is 25.6 Å². The topological polar surface area (TPSA) is 96.9 Å². The Morgan fingerprint density at radius 2 is 1.87 bits per heavy atom. The minimum absolute atomic E-state index is 0.130. The summed E-state index contributed by atoms with van der Waals surface area (Å²) < 4.78 is 49.3. The van der Waals surface area contributed by atoms with Gasteiger partial charge in [-0.1, -0.05) is 48.5 Å². The minimum Gasteiger partial charge on any atom is -0.371 e. The van der Waals surface area contributed by atoms with Gasteiger partial charge in [-0.05, 0) is 23.3 Å². The van der Waals surface area contributed by atoms with Crippen molar-refractivity contribution in [3.05, 3.63) is 78.1 Å². The van der Waals surface area contributed by atoms with Crippen LogP contribution < -0.4 is 10.6 Å². The van der Waals surface area contributed by atoms with Gasteiger partial charge in [0.2, 0.25) is 0 Å². The van der Waals surface area contributed by atoms with Crippen LogP contribution in [0.2, 0.25) is 0 Å². The first-order valence-electron chi connectivity index (χ1n) is 11.8. The molecule has 2 aromatic carbocycles. The highest BCUT2D eigenvalue weighted by Gasteiger charge is 2.62. The highest BCUT2D eigenvalue weighted by Crippen LogP contribution is 2.42. The summed E-state index contributed by atoms with van der Waals surface area (Å²) in [6.07, 6.45) is -3.26. The summed E-state index contributed by atoms with van der Waals surface area (Å²) in [4.78, 5) is 25.4. The largest absolute Gasteiger partial charge is 0.430 e. The third kappa shape index (κ3) is 4.04. The van der Waals surface area contributed by atoms with Gasteiger partial charge in [0.25, 0.3) is 11.5 Å². The zero-order chi connectivity index (χ0) is 27.1. The van der Waals surface area contributed by atoms with E-state index in [1.54, 1.807) is 37.6 Å². The normalized spacial score (nSPS) is 13.5. The van der Waals surface area contributed by atoms with Crippen LogP contribution in [-0.2, 0) is 28.7 Å². The number of carbonyl (C=O) groups excluding carboxylic acids is 1. The van der Waals surface area contributed by atoms with E-state index in [4.69, 9.17) is 4.74 Å². The lowest BCUT2D eigenvalue weighted by Crippen LogP contribution is -2.55. The average Bonchev–Trinajstić information content (AvgIpc) is 3.51. The molecule has 0 bridgehead atoms. The fourth-order valence-corrected chi connectivity index (χ4v) is 4.71. The van der Waals surface area contributed by atoms with Crippen molar-refractivity contribution in [3.63, 3.8) is 0 Å². The number of benzene rings is 2. The van der Waals surface area contributed by atoms with Gasteiger partial charge in [-0.15, -0.1) is 0 Å². The Morgan fingerprint density at radius 3 is 2.55 bits per heavy atom. The molecule has 5 aromatic rings. The molecule has 0 aliphatic carbocycles. The zero-order valence-electron chi connectivity index (χ0n) is 20.8. The molecule has 38 heavy (non-hydrogen) atoms. The van der Waals surface area contributed by atoms with Crippen LogP contribution in [0.3, 0.4) is 0 Å². The predicted molar refractivity (Wildman–Crippen MR) is 138 cm³/mol. The number of imidazole rings is 1. The van der Waals surface area contributed by atoms with Crippen LogP contribution in [0, 0.1) is 0 Å². The quantitative estimate of drug-likeness (QED) is 0.283. The number of hydrogen-bond acceptors (Lipinski definition) is 5. The van der Waals surface area contributed by atoms with E-state index in [0.29, 0.717) is 17.0 Å². The number of ether oxygens (including phenoxy) is 1. The molecule has 1 atom stereocenters. The number of nitrogens with zero attached hydrogens (tertiary/aromatic N) is 3. The number of aromatic amines is 1. The first kappa shape index (κ1) is 25.3. The van der Waals surface area contributed by atoms with Crippen LogP contribution in [0.5, 0.6) is 0 Å². The van der Waals surface area contributed by atoms with Crippen molar-refractivity contribution < 1.29 is 22.7 Å². The van der Waals surface area contributed by atoms with Crippen molar-refractivity contribution in [3.8, 4) is 11.3 Å². The van der Waals surface area contributed by atoms with E-state index in [-0.39, 0.29) is 12.1 Å². The summed E-state index contributed by atoms with van der Waals surface area (Å²) in [5.74, 6) is -0.653. The molecular formula is C27H25F3N6O2. The molecule has 0 radical (unpaired) electrons. The number of carbonyl (C=O) groups is 1. The van der Waals surface area contributed by atoms with E-state index in [1.165, 1.54) is 24.3 Å². The van der Waals surface area contributed by atoms with Crippen LogP contribution >= 0.6 is 0 Å². The number of halogens is 3. The van der Waals surface area contributed by atoms with Gasteiger partial charge in [-0.2, -0.15) is 13.2 Å². The van der Waals surface area contributed by atoms with Gasteiger partial charge in [0.1, 0.15) is 11.2 Å². The Kier molecular flexibility index (Phi) is 6.31. The van der Waals surface area contributed by atoms with Crippen molar-refractivity contribution in [2.45, 2.75) is 18.3 Å². The molecule has 3 aromatic heterocycles. The molecule has 0 saturated carbocycles. The van der Waals surface area contributed by atoms with Gasteiger partial charge >= 0.3 is 6.18 Å². The SMILES string of the molecule is CNc1nc2[nH]c(-c3cccc(CNC(=O)[C@](OC)(c4ccccc4)C(F)(F)F)c3)cc2c2c1ncn2C. The van der Waals surface area contributed by atoms with E-state index in [0.717, 1.165) is 34.8 Å². The summed E-state index contributed by atoms with van der Waals surface area (Å²) in [5.41, 5.74) is 1.06. The Labute approximate surface area is 215 Å². The van der Waals surface area contributed by atoms with E-state index < -0.39 is 17.7 Å². The number of rotatable bonds is 7. The standard InChI is InChI=1S/C27H25F3N6O2/c1-31-24-21-22(36(2)15-33-21)19-13-20(34-23(19)35-24)17-9-7-8-16(12-17)14-32-25(37)26(38-3,27(28,29)30)18-10-5-4-6-11-18/h4-13,15H,14H2,1-3H3,(H,32,37)(H2,31,34,35)/t26-/m1/s1. The number of aromatic nitrogens is 4. The number of methoxy groups -OCH3 is 1. The minimum atomic E-state index is -4.98. The number of nitrogens with one attached hydrogen (secondary N) is 3. The molecule has 5 rings (SSSR count). The van der Waals surface area contributed by atoms with Crippen molar-refractivity contribution in [2.75, 3.05) is 19.5 Å².